The Morgan fingerprint density at radius 1 is 0.850 bits per heavy atom. The molecule has 2 aliphatic rings. The number of carbonyl (C=O) groups excluding carboxylic acids is 2. The number of ether oxygens (including phenoxy) is 3. The first kappa shape index (κ1) is 27.1. The van der Waals surface area contributed by atoms with E-state index >= 15 is 0 Å². The molecular weight excluding hydrogens is 504 g/mol. The molecule has 1 amide bonds. The minimum atomic E-state index is -0.572. The minimum Gasteiger partial charge on any atom is -0.496 e. The fourth-order valence-electron chi connectivity index (χ4n) is 5.73. The maximum Gasteiger partial charge on any atom is 0.254 e. The van der Waals surface area contributed by atoms with E-state index in [9.17, 15) is 9.59 Å². The Labute approximate surface area is 234 Å². The number of benzene rings is 3. The first-order chi connectivity index (χ1) is 19.3. The highest BCUT2D eigenvalue weighted by Crippen LogP contribution is 2.48. The number of carbonyl (C=O) groups is 2. The van der Waals surface area contributed by atoms with Crippen LogP contribution in [-0.2, 0) is 9.59 Å². The lowest BCUT2D eigenvalue weighted by Gasteiger charge is -2.37. The lowest BCUT2D eigenvalue weighted by atomic mass is 9.71. The van der Waals surface area contributed by atoms with E-state index in [4.69, 9.17) is 14.2 Å². The van der Waals surface area contributed by atoms with Gasteiger partial charge in [-0.25, -0.2) is 0 Å². The van der Waals surface area contributed by atoms with E-state index in [1.165, 1.54) is 0 Å². The second-order valence-corrected chi connectivity index (χ2v) is 10.2. The summed E-state index contributed by atoms with van der Waals surface area (Å²) in [5, 5.41) is 6.48. The van der Waals surface area contributed by atoms with Crippen LogP contribution >= 0.6 is 0 Å². The van der Waals surface area contributed by atoms with Crippen LogP contribution in [0.1, 0.15) is 48.3 Å². The van der Waals surface area contributed by atoms with Crippen LogP contribution in [0.25, 0.3) is 0 Å². The molecule has 0 saturated heterocycles. The number of ketones is 1. The molecule has 0 unspecified atom stereocenters. The van der Waals surface area contributed by atoms with Gasteiger partial charge in [0, 0.05) is 40.2 Å². The van der Waals surface area contributed by atoms with Gasteiger partial charge in [0.1, 0.15) is 5.75 Å². The Morgan fingerprint density at radius 3 is 2.25 bits per heavy atom. The highest BCUT2D eigenvalue weighted by Gasteiger charge is 2.42. The lowest BCUT2D eigenvalue weighted by Crippen LogP contribution is -2.37. The molecule has 0 fully saturated rings. The topological polar surface area (TPSA) is 85.9 Å². The summed E-state index contributed by atoms with van der Waals surface area (Å²) in [5.41, 5.74) is 6.23. The van der Waals surface area contributed by atoms with E-state index in [1.54, 1.807) is 21.3 Å². The van der Waals surface area contributed by atoms with E-state index in [2.05, 4.69) is 10.6 Å². The number of Topliss-reactive ketones (excluding diaryl/α,β-unsaturated/α-hetero) is 1. The highest BCUT2D eigenvalue weighted by molar-refractivity contribution is 6.10. The summed E-state index contributed by atoms with van der Waals surface area (Å²) >= 11 is 0. The van der Waals surface area contributed by atoms with Gasteiger partial charge in [-0.3, -0.25) is 9.59 Å². The van der Waals surface area contributed by atoms with Crippen LogP contribution < -0.4 is 24.8 Å². The zero-order valence-electron chi connectivity index (χ0n) is 23.5. The van der Waals surface area contributed by atoms with Crippen molar-refractivity contribution in [2.24, 2.45) is 0 Å². The Kier molecular flexibility index (Phi) is 7.65. The number of allylic oxidation sites excluding steroid dienone is 3. The van der Waals surface area contributed by atoms with E-state index < -0.39 is 5.92 Å². The van der Waals surface area contributed by atoms with Gasteiger partial charge in [-0.15, -0.1) is 0 Å². The summed E-state index contributed by atoms with van der Waals surface area (Å²) in [7, 11) is 4.81. The second kappa shape index (κ2) is 11.3. The van der Waals surface area contributed by atoms with Gasteiger partial charge in [0.25, 0.3) is 5.91 Å². The molecule has 7 heteroatoms. The summed E-state index contributed by atoms with van der Waals surface area (Å²) in [6, 6.07) is 21.0. The fraction of sp³-hybridized carbons (Fsp3) is 0.273. The molecule has 206 valence electrons. The standard InChI is InChI=1S/C33H34N2O5/c1-19-10-13-23(14-11-19)35-33(37)30-20(2)34-25-16-22(21-12-15-28(39-4)29(18-21)40-5)17-26(36)32(25)31(30)24-8-6-7-9-27(24)38-3/h6-15,18,22,31,34H,16-17H2,1-5H3,(H,35,37)/t22-,31-/m0/s1. The number of hydrogen-bond donors (Lipinski definition) is 2. The largest absolute Gasteiger partial charge is 0.496 e. The molecule has 5 rings (SSSR count). The van der Waals surface area contributed by atoms with Crippen LogP contribution in [0.4, 0.5) is 5.69 Å². The Bertz CT molecular complexity index is 1520. The van der Waals surface area contributed by atoms with Gasteiger partial charge >= 0.3 is 0 Å². The molecule has 40 heavy (non-hydrogen) atoms. The number of para-hydroxylation sites is 1. The van der Waals surface area contributed by atoms with Crippen LogP contribution in [-0.4, -0.2) is 33.0 Å². The smallest absolute Gasteiger partial charge is 0.254 e. The molecule has 1 heterocycles. The third-order valence-electron chi connectivity index (χ3n) is 7.71. The average Bonchev–Trinajstić information content (AvgIpc) is 2.96. The normalized spacial score (nSPS) is 18.6. The van der Waals surface area contributed by atoms with Crippen molar-refractivity contribution in [3.05, 3.63) is 106 Å². The van der Waals surface area contributed by atoms with Crippen molar-refractivity contribution in [2.75, 3.05) is 26.6 Å². The number of hydrogen-bond acceptors (Lipinski definition) is 6. The van der Waals surface area contributed by atoms with Crippen molar-refractivity contribution in [3.63, 3.8) is 0 Å². The van der Waals surface area contributed by atoms with Gasteiger partial charge in [0.15, 0.2) is 17.3 Å². The van der Waals surface area contributed by atoms with E-state index in [0.29, 0.717) is 52.6 Å². The van der Waals surface area contributed by atoms with Crippen molar-refractivity contribution >= 4 is 17.4 Å². The third-order valence-corrected chi connectivity index (χ3v) is 7.71. The Morgan fingerprint density at radius 2 is 1.55 bits per heavy atom. The fourth-order valence-corrected chi connectivity index (χ4v) is 5.73. The molecule has 0 spiro atoms. The summed E-state index contributed by atoms with van der Waals surface area (Å²) in [4.78, 5) is 27.8. The molecule has 0 aromatic heterocycles. The highest BCUT2D eigenvalue weighted by atomic mass is 16.5. The molecule has 1 aliphatic heterocycles. The van der Waals surface area contributed by atoms with E-state index in [-0.39, 0.29) is 17.6 Å². The number of methoxy groups -OCH3 is 3. The Hall–Kier alpha value is -4.52. The van der Waals surface area contributed by atoms with Crippen molar-refractivity contribution in [1.29, 1.82) is 0 Å². The molecule has 2 atom stereocenters. The summed E-state index contributed by atoms with van der Waals surface area (Å²) < 4.78 is 16.6. The number of amides is 1. The van der Waals surface area contributed by atoms with E-state index in [0.717, 1.165) is 22.4 Å². The Balaban J connectivity index is 1.57. The zero-order chi connectivity index (χ0) is 28.4. The maximum atomic E-state index is 14.0. The second-order valence-electron chi connectivity index (χ2n) is 10.2. The molecule has 7 nitrogen and oxygen atoms in total. The zero-order valence-corrected chi connectivity index (χ0v) is 23.5. The minimum absolute atomic E-state index is 0.00224. The SMILES string of the molecule is COc1ccc([C@@H]2CC(=O)C3=C(C2)NC(C)=C(C(=O)Nc2ccc(C)cc2)[C@@H]3c2ccccc2OC)cc1OC. The van der Waals surface area contributed by atoms with E-state index in [1.807, 2.05) is 80.6 Å². The van der Waals surface area contributed by atoms with Crippen LogP contribution in [0.3, 0.4) is 0 Å². The summed E-state index contributed by atoms with van der Waals surface area (Å²) in [6.07, 6.45) is 0.931. The van der Waals surface area contributed by atoms with Gasteiger partial charge in [0.2, 0.25) is 0 Å². The van der Waals surface area contributed by atoms with Crippen molar-refractivity contribution in [2.45, 2.75) is 38.5 Å². The molecule has 1 aliphatic carbocycles. The van der Waals surface area contributed by atoms with Crippen LogP contribution in [0.15, 0.2) is 89.3 Å². The van der Waals surface area contributed by atoms with Crippen LogP contribution in [0.2, 0.25) is 0 Å². The molecule has 0 radical (unpaired) electrons. The van der Waals surface area contributed by atoms with Crippen molar-refractivity contribution in [1.82, 2.24) is 5.32 Å². The van der Waals surface area contributed by atoms with Gasteiger partial charge in [0.05, 0.1) is 27.2 Å². The monoisotopic (exact) mass is 538 g/mol. The predicted molar refractivity (Wildman–Crippen MR) is 155 cm³/mol. The third kappa shape index (κ3) is 5.07. The summed E-state index contributed by atoms with van der Waals surface area (Å²) in [5.74, 6) is 1.02. The van der Waals surface area contributed by atoms with Crippen LogP contribution in [0.5, 0.6) is 17.2 Å². The number of rotatable bonds is 7. The molecular formula is C33H34N2O5. The van der Waals surface area contributed by atoms with Gasteiger partial charge in [-0.1, -0.05) is 42.0 Å². The number of aryl methyl sites for hydroxylation is 1. The molecule has 0 bridgehead atoms. The van der Waals surface area contributed by atoms with Gasteiger partial charge in [-0.05, 0) is 62.1 Å². The van der Waals surface area contributed by atoms with Crippen molar-refractivity contribution < 1.29 is 23.8 Å². The van der Waals surface area contributed by atoms with Gasteiger partial charge < -0.3 is 24.8 Å². The summed E-state index contributed by atoms with van der Waals surface area (Å²) in [6.45, 7) is 3.89. The van der Waals surface area contributed by atoms with Crippen LogP contribution in [0, 0.1) is 6.92 Å². The first-order valence-electron chi connectivity index (χ1n) is 13.3. The average molecular weight is 539 g/mol. The molecule has 3 aromatic carbocycles. The van der Waals surface area contributed by atoms with Gasteiger partial charge in [-0.2, -0.15) is 0 Å². The lowest BCUT2D eigenvalue weighted by molar-refractivity contribution is -0.116. The quantitative estimate of drug-likeness (QED) is 0.383. The molecule has 2 N–H and O–H groups in total. The first-order valence-corrected chi connectivity index (χ1v) is 13.3. The number of anilines is 1. The van der Waals surface area contributed by atoms with Crippen molar-refractivity contribution in [3.8, 4) is 17.2 Å². The molecule has 0 saturated carbocycles. The maximum absolute atomic E-state index is 14.0. The number of nitrogens with one attached hydrogen (secondary N) is 2. The molecule has 3 aromatic rings. The number of dihydropyridines is 1. The predicted octanol–water partition coefficient (Wildman–Crippen LogP) is 6.02.